The van der Waals surface area contributed by atoms with Crippen LogP contribution in [0, 0.1) is 0 Å². The first-order chi connectivity index (χ1) is 7.90. The molecular weight excluding hydrogens is 283 g/mol. The molecule has 1 aromatic carbocycles. The van der Waals surface area contributed by atoms with Gasteiger partial charge in [0.15, 0.2) is 0 Å². The van der Waals surface area contributed by atoms with E-state index >= 15 is 0 Å². The molecule has 0 spiro atoms. The molecule has 0 heterocycles. The Morgan fingerprint density at radius 2 is 2.00 bits per heavy atom. The quantitative estimate of drug-likeness (QED) is 0.815. The Bertz CT molecular complexity index is 357. The van der Waals surface area contributed by atoms with Crippen LogP contribution in [0.15, 0.2) is 29.2 Å². The largest absolute Gasteiger partial charge is 0.446 e. The van der Waals surface area contributed by atoms with Crippen LogP contribution in [0.4, 0.5) is 13.2 Å². The number of nitrogens with one attached hydrogen (secondary N) is 1. The van der Waals surface area contributed by atoms with Gasteiger partial charge >= 0.3 is 5.51 Å². The molecule has 0 aromatic heterocycles. The molecular formula is C12H17ClF3NS. The third kappa shape index (κ3) is 7.13. The van der Waals surface area contributed by atoms with Gasteiger partial charge in [0.2, 0.25) is 0 Å². The van der Waals surface area contributed by atoms with Crippen molar-refractivity contribution in [1.29, 1.82) is 0 Å². The van der Waals surface area contributed by atoms with Crippen LogP contribution in [0.25, 0.3) is 0 Å². The number of rotatable bonds is 5. The fourth-order valence-corrected chi connectivity index (χ4v) is 2.27. The highest BCUT2D eigenvalue weighted by Gasteiger charge is 2.29. The van der Waals surface area contributed by atoms with E-state index in [1.54, 1.807) is 12.1 Å². The van der Waals surface area contributed by atoms with Gasteiger partial charge in [0, 0.05) is 10.9 Å². The Labute approximate surface area is 116 Å². The van der Waals surface area contributed by atoms with Crippen LogP contribution in [-0.4, -0.2) is 18.1 Å². The number of benzene rings is 1. The minimum atomic E-state index is -4.22. The number of thioether (sulfide) groups is 1. The molecule has 0 radical (unpaired) electrons. The lowest BCUT2D eigenvalue weighted by Crippen LogP contribution is -2.27. The van der Waals surface area contributed by atoms with Gasteiger partial charge in [-0.25, -0.2) is 0 Å². The molecule has 0 aliphatic carbocycles. The zero-order valence-electron chi connectivity index (χ0n) is 10.3. The summed E-state index contributed by atoms with van der Waals surface area (Å²) in [6.07, 6.45) is 0.736. The summed E-state index contributed by atoms with van der Waals surface area (Å²) in [6, 6.07) is 6.88. The van der Waals surface area contributed by atoms with Gasteiger partial charge in [0.1, 0.15) is 0 Å². The van der Waals surface area contributed by atoms with Crippen LogP contribution in [0.2, 0.25) is 0 Å². The predicted molar refractivity (Wildman–Crippen MR) is 72.4 cm³/mol. The smallest absolute Gasteiger partial charge is 0.314 e. The van der Waals surface area contributed by atoms with Gasteiger partial charge in [0.25, 0.3) is 0 Å². The van der Waals surface area contributed by atoms with Crippen molar-refractivity contribution in [2.75, 3.05) is 6.54 Å². The third-order valence-corrected chi connectivity index (χ3v) is 2.95. The summed E-state index contributed by atoms with van der Waals surface area (Å²) in [6.45, 7) is 4.89. The van der Waals surface area contributed by atoms with Crippen molar-refractivity contribution in [1.82, 2.24) is 5.32 Å². The van der Waals surface area contributed by atoms with Crippen molar-refractivity contribution in [2.24, 2.45) is 0 Å². The van der Waals surface area contributed by atoms with E-state index in [0.717, 1.165) is 18.5 Å². The zero-order valence-corrected chi connectivity index (χ0v) is 11.9. The fourth-order valence-electron chi connectivity index (χ4n) is 1.64. The van der Waals surface area contributed by atoms with E-state index in [9.17, 15) is 13.2 Å². The van der Waals surface area contributed by atoms with Gasteiger partial charge in [-0.05, 0) is 49.3 Å². The molecule has 0 saturated carbocycles. The summed E-state index contributed by atoms with van der Waals surface area (Å²) < 4.78 is 36.6. The van der Waals surface area contributed by atoms with E-state index in [1.165, 1.54) is 6.07 Å². The third-order valence-electron chi connectivity index (χ3n) is 2.23. The van der Waals surface area contributed by atoms with Gasteiger partial charge in [-0.2, -0.15) is 13.2 Å². The summed E-state index contributed by atoms with van der Waals surface area (Å²) in [7, 11) is 0. The maximum atomic E-state index is 12.2. The molecule has 6 heteroatoms. The van der Waals surface area contributed by atoms with Crippen molar-refractivity contribution in [3.8, 4) is 0 Å². The first kappa shape index (κ1) is 17.6. The number of hydrogen-bond acceptors (Lipinski definition) is 2. The standard InChI is InChI=1S/C12H16F3NS.ClH/c1-3-16-9(2)7-10-5-4-6-11(8-10)17-12(13,14)15;/h4-6,8-9,16H,3,7H2,1-2H3;1H. The van der Waals surface area contributed by atoms with Gasteiger partial charge < -0.3 is 5.32 Å². The summed E-state index contributed by atoms with van der Waals surface area (Å²) in [5.41, 5.74) is -3.29. The average molecular weight is 300 g/mol. The first-order valence-corrected chi connectivity index (χ1v) is 6.30. The van der Waals surface area contributed by atoms with Crippen LogP contribution in [0.1, 0.15) is 19.4 Å². The number of halogens is 4. The van der Waals surface area contributed by atoms with Gasteiger partial charge in [-0.3, -0.25) is 0 Å². The second-order valence-electron chi connectivity index (χ2n) is 3.86. The van der Waals surface area contributed by atoms with Crippen LogP contribution < -0.4 is 5.32 Å². The van der Waals surface area contributed by atoms with Crippen LogP contribution in [-0.2, 0) is 6.42 Å². The molecule has 0 aliphatic rings. The zero-order chi connectivity index (χ0) is 12.9. The Kier molecular flexibility index (Phi) is 7.75. The van der Waals surface area contributed by atoms with Gasteiger partial charge in [-0.1, -0.05) is 19.1 Å². The van der Waals surface area contributed by atoms with Crippen molar-refractivity contribution in [2.45, 2.75) is 36.7 Å². The SMILES string of the molecule is CCNC(C)Cc1cccc(SC(F)(F)F)c1.Cl. The van der Waals surface area contributed by atoms with E-state index in [-0.39, 0.29) is 35.1 Å². The lowest BCUT2D eigenvalue weighted by Gasteiger charge is -2.13. The maximum absolute atomic E-state index is 12.2. The minimum absolute atomic E-state index is 0. The molecule has 1 N–H and O–H groups in total. The Morgan fingerprint density at radius 3 is 2.56 bits per heavy atom. The van der Waals surface area contributed by atoms with Crippen molar-refractivity contribution in [3.05, 3.63) is 29.8 Å². The normalized spacial score (nSPS) is 12.9. The lowest BCUT2D eigenvalue weighted by molar-refractivity contribution is -0.0328. The van der Waals surface area contributed by atoms with E-state index in [0.29, 0.717) is 0 Å². The molecule has 0 fully saturated rings. The van der Waals surface area contributed by atoms with Crippen LogP contribution in [0.3, 0.4) is 0 Å². The monoisotopic (exact) mass is 299 g/mol. The first-order valence-electron chi connectivity index (χ1n) is 5.49. The lowest BCUT2D eigenvalue weighted by atomic mass is 10.1. The molecule has 1 unspecified atom stereocenters. The molecule has 0 bridgehead atoms. The second kappa shape index (κ2) is 7.92. The molecule has 18 heavy (non-hydrogen) atoms. The highest BCUT2D eigenvalue weighted by molar-refractivity contribution is 8.00. The van der Waals surface area contributed by atoms with Crippen LogP contribution in [0.5, 0.6) is 0 Å². The van der Waals surface area contributed by atoms with Crippen LogP contribution >= 0.6 is 24.2 Å². The molecule has 0 aliphatic heterocycles. The molecule has 1 atom stereocenters. The highest BCUT2D eigenvalue weighted by Crippen LogP contribution is 2.36. The molecule has 1 aromatic rings. The molecule has 0 saturated heterocycles. The topological polar surface area (TPSA) is 12.0 Å². The summed E-state index contributed by atoms with van der Waals surface area (Å²) in [4.78, 5) is 0.249. The van der Waals surface area contributed by atoms with E-state index < -0.39 is 5.51 Å². The fraction of sp³-hybridized carbons (Fsp3) is 0.500. The van der Waals surface area contributed by atoms with Crippen molar-refractivity contribution in [3.63, 3.8) is 0 Å². The predicted octanol–water partition coefficient (Wildman–Crippen LogP) is 4.26. The summed E-state index contributed by atoms with van der Waals surface area (Å²) in [5, 5.41) is 3.23. The molecule has 104 valence electrons. The Morgan fingerprint density at radius 1 is 1.33 bits per heavy atom. The van der Waals surface area contributed by atoms with Gasteiger partial charge in [0.05, 0.1) is 0 Å². The van der Waals surface area contributed by atoms with Gasteiger partial charge in [-0.15, -0.1) is 12.4 Å². The maximum Gasteiger partial charge on any atom is 0.446 e. The number of hydrogen-bond donors (Lipinski definition) is 1. The van der Waals surface area contributed by atoms with Crippen molar-refractivity contribution < 1.29 is 13.2 Å². The molecule has 0 amide bonds. The second-order valence-corrected chi connectivity index (χ2v) is 5.00. The molecule has 1 nitrogen and oxygen atoms in total. The average Bonchev–Trinajstić information content (AvgIpc) is 2.15. The summed E-state index contributed by atoms with van der Waals surface area (Å²) >= 11 is -0.0651. The summed E-state index contributed by atoms with van der Waals surface area (Å²) in [5.74, 6) is 0. The Balaban J connectivity index is 0.00000289. The highest BCUT2D eigenvalue weighted by atomic mass is 35.5. The number of alkyl halides is 3. The Hall–Kier alpha value is -0.390. The van der Waals surface area contributed by atoms with E-state index in [4.69, 9.17) is 0 Å². The van der Waals surface area contributed by atoms with E-state index in [1.807, 2.05) is 19.9 Å². The van der Waals surface area contributed by atoms with E-state index in [2.05, 4.69) is 5.32 Å². The number of likely N-dealkylation sites (N-methyl/N-ethyl adjacent to an activating group) is 1. The minimum Gasteiger partial charge on any atom is -0.314 e. The van der Waals surface area contributed by atoms with Crippen molar-refractivity contribution >= 4 is 24.2 Å². The molecule has 1 rings (SSSR count).